The fourth-order valence-electron chi connectivity index (χ4n) is 2.13. The molecule has 0 aromatic heterocycles. The van der Waals surface area contributed by atoms with E-state index in [1.807, 2.05) is 7.05 Å². The number of alkyl halides is 3. The van der Waals surface area contributed by atoms with E-state index in [1.165, 1.54) is 12.1 Å². The van der Waals surface area contributed by atoms with Gasteiger partial charge in [-0.3, -0.25) is 0 Å². The van der Waals surface area contributed by atoms with Crippen molar-refractivity contribution in [3.05, 3.63) is 34.3 Å². The minimum absolute atomic E-state index is 0.230. The first-order valence-corrected chi connectivity index (χ1v) is 5.82. The van der Waals surface area contributed by atoms with Crippen molar-refractivity contribution in [2.75, 3.05) is 13.6 Å². The zero-order valence-corrected chi connectivity index (χ0v) is 10.1. The highest BCUT2D eigenvalue weighted by atomic mass is 35.5. The van der Waals surface area contributed by atoms with Gasteiger partial charge in [0.1, 0.15) is 0 Å². The molecule has 2 atom stereocenters. The Bertz CT molecular complexity index is 417. The summed E-state index contributed by atoms with van der Waals surface area (Å²) in [5, 5.41) is 2.81. The van der Waals surface area contributed by atoms with Crippen LogP contribution in [0.15, 0.2) is 18.2 Å². The van der Waals surface area contributed by atoms with Crippen LogP contribution in [-0.4, -0.2) is 13.6 Å². The van der Waals surface area contributed by atoms with Crippen LogP contribution in [0.2, 0.25) is 5.02 Å². The first-order chi connectivity index (χ1) is 7.93. The van der Waals surface area contributed by atoms with Crippen LogP contribution < -0.4 is 5.32 Å². The maximum Gasteiger partial charge on any atom is 0.417 e. The number of benzene rings is 1. The monoisotopic (exact) mass is 263 g/mol. The number of hydrogen-bond acceptors (Lipinski definition) is 1. The van der Waals surface area contributed by atoms with Crippen LogP contribution in [0.25, 0.3) is 0 Å². The molecule has 1 aromatic carbocycles. The molecular weight excluding hydrogens is 251 g/mol. The van der Waals surface area contributed by atoms with Gasteiger partial charge >= 0.3 is 6.18 Å². The van der Waals surface area contributed by atoms with E-state index in [-0.39, 0.29) is 10.9 Å². The molecule has 0 unspecified atom stereocenters. The second-order valence-electron chi connectivity index (χ2n) is 4.40. The summed E-state index contributed by atoms with van der Waals surface area (Å²) >= 11 is 5.57. The smallest absolute Gasteiger partial charge is 0.319 e. The summed E-state index contributed by atoms with van der Waals surface area (Å²) in [5.74, 6) is 0.683. The Balaban J connectivity index is 2.21. The summed E-state index contributed by atoms with van der Waals surface area (Å²) in [5.41, 5.74) is 0.00810. The topological polar surface area (TPSA) is 12.0 Å². The lowest BCUT2D eigenvalue weighted by Crippen LogP contribution is -2.10. The number of halogens is 4. The third-order valence-electron chi connectivity index (χ3n) is 3.11. The first-order valence-electron chi connectivity index (χ1n) is 5.44. The Morgan fingerprint density at radius 2 is 2.12 bits per heavy atom. The quantitative estimate of drug-likeness (QED) is 0.877. The molecule has 17 heavy (non-hydrogen) atoms. The molecule has 1 N–H and O–H groups in total. The summed E-state index contributed by atoms with van der Waals surface area (Å²) < 4.78 is 38.0. The van der Waals surface area contributed by atoms with Gasteiger partial charge in [-0.1, -0.05) is 17.7 Å². The summed E-state index contributed by atoms with van der Waals surface area (Å²) in [4.78, 5) is 0. The van der Waals surface area contributed by atoms with E-state index in [0.29, 0.717) is 5.92 Å². The zero-order valence-electron chi connectivity index (χ0n) is 9.31. The van der Waals surface area contributed by atoms with Gasteiger partial charge in [-0.05, 0) is 49.5 Å². The van der Waals surface area contributed by atoms with E-state index in [1.54, 1.807) is 6.07 Å². The Labute approximate surface area is 103 Å². The fraction of sp³-hybridized carbons (Fsp3) is 0.500. The third-order valence-corrected chi connectivity index (χ3v) is 3.44. The van der Waals surface area contributed by atoms with Crippen molar-refractivity contribution in [1.82, 2.24) is 5.32 Å². The van der Waals surface area contributed by atoms with E-state index in [0.717, 1.165) is 18.5 Å². The first kappa shape index (κ1) is 12.7. The molecule has 1 nitrogen and oxygen atoms in total. The average molecular weight is 264 g/mol. The van der Waals surface area contributed by atoms with Gasteiger partial charge in [-0.25, -0.2) is 0 Å². The van der Waals surface area contributed by atoms with Crippen LogP contribution >= 0.6 is 11.6 Å². The maximum atomic E-state index is 12.7. The number of rotatable bonds is 3. The van der Waals surface area contributed by atoms with Crippen molar-refractivity contribution in [2.45, 2.75) is 18.5 Å². The predicted molar refractivity (Wildman–Crippen MR) is 61.2 cm³/mol. The van der Waals surface area contributed by atoms with Gasteiger partial charge in [0, 0.05) is 0 Å². The van der Waals surface area contributed by atoms with Crippen molar-refractivity contribution in [3.63, 3.8) is 0 Å². The molecule has 1 aromatic rings. The maximum absolute atomic E-state index is 12.7. The zero-order chi connectivity index (χ0) is 12.6. The third kappa shape index (κ3) is 2.75. The molecule has 1 saturated carbocycles. The van der Waals surface area contributed by atoms with Crippen molar-refractivity contribution in [3.8, 4) is 0 Å². The Kier molecular flexibility index (Phi) is 3.36. The SMILES string of the molecule is CNC[C@@H]1C[C@@H]1c1ccc(Cl)c(C(F)(F)F)c1. The molecule has 0 heterocycles. The molecule has 1 aliphatic carbocycles. The molecule has 5 heteroatoms. The van der Waals surface area contributed by atoms with Crippen molar-refractivity contribution in [1.29, 1.82) is 0 Å². The molecular formula is C12H13ClF3N. The minimum atomic E-state index is -4.37. The normalized spacial score (nSPS) is 23.8. The molecule has 1 fully saturated rings. The van der Waals surface area contributed by atoms with Crippen molar-refractivity contribution < 1.29 is 13.2 Å². The standard InChI is InChI=1S/C12H13ClF3N/c1-17-6-8-4-9(8)7-2-3-11(13)10(5-7)12(14,15)16/h2-3,5,8-9,17H,4,6H2,1H3/t8-,9+/m0/s1. The number of hydrogen-bond donors (Lipinski definition) is 1. The van der Waals surface area contributed by atoms with Gasteiger partial charge < -0.3 is 5.32 Å². The van der Waals surface area contributed by atoms with Gasteiger partial charge in [-0.15, -0.1) is 0 Å². The molecule has 0 spiro atoms. The highest BCUT2D eigenvalue weighted by Crippen LogP contribution is 2.48. The van der Waals surface area contributed by atoms with Crippen LogP contribution in [0.3, 0.4) is 0 Å². The Morgan fingerprint density at radius 3 is 2.71 bits per heavy atom. The lowest BCUT2D eigenvalue weighted by atomic mass is 10.1. The van der Waals surface area contributed by atoms with Gasteiger partial charge in [0.15, 0.2) is 0 Å². The average Bonchev–Trinajstić information content (AvgIpc) is 2.97. The molecule has 0 aliphatic heterocycles. The van der Waals surface area contributed by atoms with Gasteiger partial charge in [0.05, 0.1) is 10.6 Å². The number of nitrogens with one attached hydrogen (secondary N) is 1. The lowest BCUT2D eigenvalue weighted by Gasteiger charge is -2.10. The lowest BCUT2D eigenvalue weighted by molar-refractivity contribution is -0.137. The fourth-order valence-corrected chi connectivity index (χ4v) is 2.36. The van der Waals surface area contributed by atoms with Crippen molar-refractivity contribution in [2.24, 2.45) is 5.92 Å². The second-order valence-corrected chi connectivity index (χ2v) is 4.80. The van der Waals surface area contributed by atoms with Gasteiger partial charge in [-0.2, -0.15) is 13.2 Å². The molecule has 94 valence electrons. The molecule has 1 aliphatic rings. The highest BCUT2D eigenvalue weighted by molar-refractivity contribution is 6.31. The summed E-state index contributed by atoms with van der Waals surface area (Å²) in [6.45, 7) is 0.842. The predicted octanol–water partition coefficient (Wildman–Crippen LogP) is 3.68. The molecule has 0 amide bonds. The summed E-state index contributed by atoms with van der Waals surface area (Å²) in [6, 6.07) is 4.22. The molecule has 0 saturated heterocycles. The van der Waals surface area contributed by atoms with Gasteiger partial charge in [0.25, 0.3) is 0 Å². The largest absolute Gasteiger partial charge is 0.417 e. The van der Waals surface area contributed by atoms with Gasteiger partial charge in [0.2, 0.25) is 0 Å². The van der Waals surface area contributed by atoms with E-state index in [4.69, 9.17) is 11.6 Å². The summed E-state index contributed by atoms with van der Waals surface area (Å²) in [6.07, 6.45) is -3.43. The van der Waals surface area contributed by atoms with E-state index < -0.39 is 11.7 Å². The molecule has 0 radical (unpaired) electrons. The molecule has 0 bridgehead atoms. The van der Waals surface area contributed by atoms with Crippen LogP contribution in [0, 0.1) is 5.92 Å². The summed E-state index contributed by atoms with van der Waals surface area (Å²) in [7, 11) is 1.85. The van der Waals surface area contributed by atoms with Crippen LogP contribution in [0.4, 0.5) is 13.2 Å². The van der Waals surface area contributed by atoms with E-state index in [2.05, 4.69) is 5.32 Å². The van der Waals surface area contributed by atoms with Crippen molar-refractivity contribution >= 4 is 11.6 Å². The van der Waals surface area contributed by atoms with Crippen LogP contribution in [-0.2, 0) is 6.18 Å². The molecule has 2 rings (SSSR count). The van der Waals surface area contributed by atoms with Crippen LogP contribution in [0.1, 0.15) is 23.5 Å². The van der Waals surface area contributed by atoms with E-state index in [9.17, 15) is 13.2 Å². The highest BCUT2D eigenvalue weighted by Gasteiger charge is 2.40. The second kappa shape index (κ2) is 4.50. The van der Waals surface area contributed by atoms with Crippen LogP contribution in [0.5, 0.6) is 0 Å². The Morgan fingerprint density at radius 1 is 1.41 bits per heavy atom. The van der Waals surface area contributed by atoms with E-state index >= 15 is 0 Å². The Hall–Kier alpha value is -0.740. The minimum Gasteiger partial charge on any atom is -0.319 e.